The van der Waals surface area contributed by atoms with Gasteiger partial charge in [0.1, 0.15) is 5.41 Å². The molecule has 0 saturated carbocycles. The van der Waals surface area contributed by atoms with Crippen LogP contribution in [0.5, 0.6) is 0 Å². The summed E-state index contributed by atoms with van der Waals surface area (Å²) in [5.41, 5.74) is 2.66. The van der Waals surface area contributed by atoms with E-state index in [0.717, 1.165) is 12.1 Å². The number of hydrogen-bond donors (Lipinski definition) is 1. The standard InChI is InChI=1S/C16H23NO3/c1-12-7-13(2)9-14(8-12)17(3)10-16(15(18)19)5-4-6-20-11-16/h7-9H,4-6,10-11H2,1-3H3,(H,18,19). The molecule has 1 aromatic carbocycles. The van der Waals surface area contributed by atoms with Crippen molar-refractivity contribution >= 4 is 11.7 Å². The Balaban J connectivity index is 2.19. The van der Waals surface area contributed by atoms with Crippen LogP contribution in [0, 0.1) is 19.3 Å². The Bertz CT molecular complexity index is 472. The van der Waals surface area contributed by atoms with Gasteiger partial charge in [0.15, 0.2) is 0 Å². The van der Waals surface area contributed by atoms with E-state index in [4.69, 9.17) is 4.74 Å². The first-order chi connectivity index (χ1) is 9.43. The van der Waals surface area contributed by atoms with Gasteiger partial charge in [-0.15, -0.1) is 0 Å². The minimum Gasteiger partial charge on any atom is -0.481 e. The van der Waals surface area contributed by atoms with Gasteiger partial charge in [-0.05, 0) is 49.9 Å². The summed E-state index contributed by atoms with van der Waals surface area (Å²) in [5.74, 6) is -0.756. The van der Waals surface area contributed by atoms with E-state index in [1.54, 1.807) is 0 Å². The number of carboxylic acids is 1. The van der Waals surface area contributed by atoms with Gasteiger partial charge in [-0.1, -0.05) is 6.07 Å². The van der Waals surface area contributed by atoms with Crippen molar-refractivity contribution in [2.24, 2.45) is 5.41 Å². The van der Waals surface area contributed by atoms with Crippen LogP contribution in [0.4, 0.5) is 5.69 Å². The third-order valence-corrected chi connectivity index (χ3v) is 3.96. The lowest BCUT2D eigenvalue weighted by Gasteiger charge is -2.37. The monoisotopic (exact) mass is 277 g/mol. The summed E-state index contributed by atoms with van der Waals surface area (Å²) in [6.07, 6.45) is 1.49. The minimum atomic E-state index is -0.787. The zero-order valence-electron chi connectivity index (χ0n) is 12.5. The molecule has 0 spiro atoms. The fourth-order valence-corrected chi connectivity index (χ4v) is 2.93. The van der Waals surface area contributed by atoms with Gasteiger partial charge in [0.25, 0.3) is 0 Å². The van der Waals surface area contributed by atoms with Crippen LogP contribution in [0.3, 0.4) is 0 Å². The van der Waals surface area contributed by atoms with Crippen molar-refractivity contribution in [1.29, 1.82) is 0 Å². The highest BCUT2D eigenvalue weighted by molar-refractivity contribution is 5.76. The molecule has 1 saturated heterocycles. The number of aliphatic carboxylic acids is 1. The van der Waals surface area contributed by atoms with Gasteiger partial charge in [-0.2, -0.15) is 0 Å². The summed E-state index contributed by atoms with van der Waals surface area (Å²) in [6.45, 7) is 5.56. The topological polar surface area (TPSA) is 49.8 Å². The predicted octanol–water partition coefficient (Wildman–Crippen LogP) is 2.62. The maximum Gasteiger partial charge on any atom is 0.313 e. The normalized spacial score (nSPS) is 22.6. The van der Waals surface area contributed by atoms with Gasteiger partial charge in [0.2, 0.25) is 0 Å². The molecule has 0 radical (unpaired) electrons. The molecule has 1 aromatic rings. The lowest BCUT2D eigenvalue weighted by molar-refractivity contribution is -0.156. The number of benzene rings is 1. The molecule has 0 amide bonds. The Morgan fingerprint density at radius 3 is 2.50 bits per heavy atom. The van der Waals surface area contributed by atoms with Crippen LogP contribution in [-0.2, 0) is 9.53 Å². The summed E-state index contributed by atoms with van der Waals surface area (Å²) in [4.78, 5) is 13.7. The molecular formula is C16H23NO3. The van der Waals surface area contributed by atoms with Crippen molar-refractivity contribution in [3.63, 3.8) is 0 Å². The highest BCUT2D eigenvalue weighted by Gasteiger charge is 2.41. The van der Waals surface area contributed by atoms with E-state index in [1.807, 2.05) is 11.9 Å². The van der Waals surface area contributed by atoms with Crippen LogP contribution >= 0.6 is 0 Å². The number of aryl methyl sites for hydroxylation is 2. The lowest BCUT2D eigenvalue weighted by atomic mass is 9.82. The fraction of sp³-hybridized carbons (Fsp3) is 0.562. The van der Waals surface area contributed by atoms with Crippen LogP contribution in [0.1, 0.15) is 24.0 Å². The molecule has 1 fully saturated rings. The first-order valence-corrected chi connectivity index (χ1v) is 7.03. The van der Waals surface area contributed by atoms with Crippen molar-refractivity contribution in [2.75, 3.05) is 31.7 Å². The van der Waals surface area contributed by atoms with Gasteiger partial charge >= 0.3 is 5.97 Å². The Morgan fingerprint density at radius 1 is 1.35 bits per heavy atom. The fourth-order valence-electron chi connectivity index (χ4n) is 2.93. The van der Waals surface area contributed by atoms with E-state index in [9.17, 15) is 9.90 Å². The van der Waals surface area contributed by atoms with E-state index >= 15 is 0 Å². The number of carbonyl (C=O) groups is 1. The molecule has 1 aliphatic heterocycles. The molecule has 1 heterocycles. The number of rotatable bonds is 4. The number of ether oxygens (including phenoxy) is 1. The van der Waals surface area contributed by atoms with E-state index in [2.05, 4.69) is 32.0 Å². The summed E-state index contributed by atoms with van der Waals surface area (Å²) in [6, 6.07) is 6.30. The van der Waals surface area contributed by atoms with Crippen LogP contribution in [0.2, 0.25) is 0 Å². The lowest BCUT2D eigenvalue weighted by Crippen LogP contribution is -2.47. The van der Waals surface area contributed by atoms with Gasteiger partial charge in [-0.3, -0.25) is 4.79 Å². The van der Waals surface area contributed by atoms with E-state index in [1.165, 1.54) is 11.1 Å². The highest BCUT2D eigenvalue weighted by Crippen LogP contribution is 2.31. The smallest absolute Gasteiger partial charge is 0.313 e. The third kappa shape index (κ3) is 3.12. The van der Waals surface area contributed by atoms with Crippen molar-refractivity contribution in [3.8, 4) is 0 Å². The molecule has 20 heavy (non-hydrogen) atoms. The van der Waals surface area contributed by atoms with Crippen LogP contribution in [0.25, 0.3) is 0 Å². The van der Waals surface area contributed by atoms with Gasteiger partial charge in [-0.25, -0.2) is 0 Å². The van der Waals surface area contributed by atoms with Crippen molar-refractivity contribution < 1.29 is 14.6 Å². The van der Waals surface area contributed by atoms with Gasteiger partial charge < -0.3 is 14.7 Å². The second-order valence-corrected chi connectivity index (χ2v) is 5.94. The van der Waals surface area contributed by atoms with Crippen molar-refractivity contribution in [3.05, 3.63) is 29.3 Å². The Kier molecular flexibility index (Phi) is 4.33. The van der Waals surface area contributed by atoms with E-state index in [-0.39, 0.29) is 0 Å². The van der Waals surface area contributed by atoms with Gasteiger partial charge in [0.05, 0.1) is 6.61 Å². The summed E-state index contributed by atoms with van der Waals surface area (Å²) < 4.78 is 5.42. The molecule has 0 aliphatic carbocycles. The second kappa shape index (κ2) is 5.83. The minimum absolute atomic E-state index is 0.303. The molecule has 4 heteroatoms. The van der Waals surface area contributed by atoms with Crippen molar-refractivity contribution in [2.45, 2.75) is 26.7 Å². The van der Waals surface area contributed by atoms with E-state index < -0.39 is 11.4 Å². The van der Waals surface area contributed by atoms with Crippen LogP contribution in [0.15, 0.2) is 18.2 Å². The number of anilines is 1. The summed E-state index contributed by atoms with van der Waals surface area (Å²) in [7, 11) is 1.95. The number of carboxylic acid groups (broad SMARTS) is 1. The average Bonchev–Trinajstić information content (AvgIpc) is 2.38. The van der Waals surface area contributed by atoms with Gasteiger partial charge in [0, 0.05) is 25.9 Å². The van der Waals surface area contributed by atoms with Crippen LogP contribution in [-0.4, -0.2) is 37.9 Å². The maximum absolute atomic E-state index is 11.7. The Morgan fingerprint density at radius 2 is 2.00 bits per heavy atom. The predicted molar refractivity (Wildman–Crippen MR) is 79.3 cm³/mol. The zero-order chi connectivity index (χ0) is 14.8. The zero-order valence-corrected chi connectivity index (χ0v) is 12.5. The molecule has 0 bridgehead atoms. The quantitative estimate of drug-likeness (QED) is 0.919. The molecule has 1 aliphatic rings. The Labute approximate surface area is 120 Å². The van der Waals surface area contributed by atoms with Crippen molar-refractivity contribution in [1.82, 2.24) is 0 Å². The summed E-state index contributed by atoms with van der Waals surface area (Å²) in [5, 5.41) is 9.59. The second-order valence-electron chi connectivity index (χ2n) is 5.94. The molecule has 0 aromatic heterocycles. The molecule has 1 N–H and O–H groups in total. The first-order valence-electron chi connectivity index (χ1n) is 7.03. The molecular weight excluding hydrogens is 254 g/mol. The molecule has 2 rings (SSSR count). The maximum atomic E-state index is 11.7. The number of hydrogen-bond acceptors (Lipinski definition) is 3. The molecule has 110 valence electrons. The third-order valence-electron chi connectivity index (χ3n) is 3.96. The van der Waals surface area contributed by atoms with Crippen LogP contribution < -0.4 is 4.90 Å². The number of nitrogens with zero attached hydrogens (tertiary/aromatic N) is 1. The highest BCUT2D eigenvalue weighted by atomic mass is 16.5. The molecule has 4 nitrogen and oxygen atoms in total. The Hall–Kier alpha value is -1.55. The summed E-state index contributed by atoms with van der Waals surface area (Å²) >= 11 is 0. The average molecular weight is 277 g/mol. The van der Waals surface area contributed by atoms with E-state index in [0.29, 0.717) is 26.2 Å². The first kappa shape index (κ1) is 14.9. The molecule has 1 atom stereocenters. The largest absolute Gasteiger partial charge is 0.481 e. The molecule has 1 unspecified atom stereocenters. The SMILES string of the molecule is Cc1cc(C)cc(N(C)CC2(C(=O)O)CCCOC2)c1.